The Morgan fingerprint density at radius 1 is 1.24 bits per heavy atom. The summed E-state index contributed by atoms with van der Waals surface area (Å²) in [5.74, 6) is 1.43. The number of amides is 1. The van der Waals surface area contributed by atoms with Crippen molar-refractivity contribution in [3.63, 3.8) is 0 Å². The van der Waals surface area contributed by atoms with E-state index in [0.717, 1.165) is 26.1 Å². The fourth-order valence-corrected chi connectivity index (χ4v) is 2.98. The van der Waals surface area contributed by atoms with E-state index in [1.54, 1.807) is 0 Å². The monoisotopic (exact) mass is 240 g/mol. The van der Waals surface area contributed by atoms with E-state index in [2.05, 4.69) is 5.32 Å². The zero-order valence-corrected chi connectivity index (χ0v) is 10.5. The van der Waals surface area contributed by atoms with Gasteiger partial charge in [0.2, 0.25) is 5.91 Å². The molecular formula is C13H24N2O2. The average Bonchev–Trinajstić information content (AvgIpc) is 2.90. The van der Waals surface area contributed by atoms with Gasteiger partial charge in [0.05, 0.1) is 12.5 Å². The summed E-state index contributed by atoms with van der Waals surface area (Å²) >= 11 is 0. The minimum atomic E-state index is 0.0786. The van der Waals surface area contributed by atoms with Gasteiger partial charge in [0, 0.05) is 13.2 Å². The highest BCUT2D eigenvalue weighted by atomic mass is 16.5. The molecule has 1 aliphatic carbocycles. The molecule has 3 atom stereocenters. The number of rotatable bonds is 4. The predicted molar refractivity (Wildman–Crippen MR) is 66.4 cm³/mol. The molecule has 0 radical (unpaired) electrons. The highest BCUT2D eigenvalue weighted by molar-refractivity contribution is 5.78. The van der Waals surface area contributed by atoms with Crippen molar-refractivity contribution in [2.75, 3.05) is 26.3 Å². The molecule has 0 aromatic heterocycles. The summed E-state index contributed by atoms with van der Waals surface area (Å²) in [7, 11) is 0. The molecule has 1 saturated carbocycles. The maximum Gasteiger partial charge on any atom is 0.225 e. The largest absolute Gasteiger partial charge is 0.381 e. The lowest BCUT2D eigenvalue weighted by Crippen LogP contribution is -2.39. The van der Waals surface area contributed by atoms with Crippen molar-refractivity contribution in [2.45, 2.75) is 32.1 Å². The Balaban J connectivity index is 1.74. The van der Waals surface area contributed by atoms with Crippen LogP contribution < -0.4 is 11.1 Å². The summed E-state index contributed by atoms with van der Waals surface area (Å²) in [6.07, 6.45) is 5.88. The minimum Gasteiger partial charge on any atom is -0.381 e. The molecule has 1 amide bonds. The van der Waals surface area contributed by atoms with Crippen LogP contribution in [-0.2, 0) is 9.53 Å². The van der Waals surface area contributed by atoms with Gasteiger partial charge in [0.15, 0.2) is 0 Å². The van der Waals surface area contributed by atoms with Crippen molar-refractivity contribution in [2.24, 2.45) is 23.5 Å². The molecule has 1 aliphatic heterocycles. The van der Waals surface area contributed by atoms with Crippen molar-refractivity contribution >= 4 is 5.91 Å². The molecule has 1 heterocycles. The molecule has 0 bridgehead atoms. The molecule has 2 rings (SSSR count). The molecule has 17 heavy (non-hydrogen) atoms. The standard InChI is InChI=1S/C13H24N2O2/c14-7-10-3-1-2-4-11(10)8-15-13(16)12-5-6-17-9-12/h10-12H,1-9,14H2,(H,15,16). The smallest absolute Gasteiger partial charge is 0.225 e. The second-order valence-electron chi connectivity index (χ2n) is 5.35. The minimum absolute atomic E-state index is 0.0786. The third-order valence-corrected chi connectivity index (χ3v) is 4.21. The summed E-state index contributed by atoms with van der Waals surface area (Å²) in [6.45, 7) is 2.88. The third-order valence-electron chi connectivity index (χ3n) is 4.21. The average molecular weight is 240 g/mol. The molecule has 98 valence electrons. The maximum absolute atomic E-state index is 11.9. The Morgan fingerprint density at radius 3 is 2.65 bits per heavy atom. The molecule has 4 nitrogen and oxygen atoms in total. The second-order valence-corrected chi connectivity index (χ2v) is 5.35. The van der Waals surface area contributed by atoms with E-state index in [1.165, 1.54) is 25.7 Å². The number of hydrogen-bond donors (Lipinski definition) is 2. The van der Waals surface area contributed by atoms with Crippen LogP contribution in [0.2, 0.25) is 0 Å². The Bertz CT molecular complexity index is 252. The molecule has 2 aliphatic rings. The molecule has 2 fully saturated rings. The summed E-state index contributed by atoms with van der Waals surface area (Å²) in [5.41, 5.74) is 5.79. The van der Waals surface area contributed by atoms with Crippen LogP contribution in [0, 0.1) is 17.8 Å². The molecule has 1 saturated heterocycles. The van der Waals surface area contributed by atoms with Crippen molar-refractivity contribution in [1.29, 1.82) is 0 Å². The van der Waals surface area contributed by atoms with Crippen LogP contribution in [-0.4, -0.2) is 32.2 Å². The molecule has 3 unspecified atom stereocenters. The Hall–Kier alpha value is -0.610. The Labute approximate surface area is 103 Å². The van der Waals surface area contributed by atoms with Gasteiger partial charge in [0.1, 0.15) is 0 Å². The highest BCUT2D eigenvalue weighted by Crippen LogP contribution is 2.28. The number of hydrogen-bond acceptors (Lipinski definition) is 3. The number of nitrogens with two attached hydrogens (primary N) is 1. The SMILES string of the molecule is NCC1CCCCC1CNC(=O)C1CCOC1. The van der Waals surface area contributed by atoms with Gasteiger partial charge in [-0.2, -0.15) is 0 Å². The normalized spacial score (nSPS) is 33.6. The van der Waals surface area contributed by atoms with Gasteiger partial charge < -0.3 is 15.8 Å². The van der Waals surface area contributed by atoms with E-state index < -0.39 is 0 Å². The van der Waals surface area contributed by atoms with E-state index in [4.69, 9.17) is 10.5 Å². The molecule has 0 aromatic rings. The molecule has 0 aromatic carbocycles. The van der Waals surface area contributed by atoms with Crippen molar-refractivity contribution in [1.82, 2.24) is 5.32 Å². The van der Waals surface area contributed by atoms with Crippen LogP contribution in [0.25, 0.3) is 0 Å². The van der Waals surface area contributed by atoms with Gasteiger partial charge >= 0.3 is 0 Å². The number of nitrogens with one attached hydrogen (secondary N) is 1. The zero-order valence-electron chi connectivity index (χ0n) is 10.5. The summed E-state index contributed by atoms with van der Waals surface area (Å²) in [5, 5.41) is 3.08. The van der Waals surface area contributed by atoms with Gasteiger partial charge in [-0.3, -0.25) is 4.79 Å². The van der Waals surface area contributed by atoms with E-state index in [1.807, 2.05) is 0 Å². The third kappa shape index (κ3) is 3.42. The molecular weight excluding hydrogens is 216 g/mol. The van der Waals surface area contributed by atoms with Crippen LogP contribution in [0.5, 0.6) is 0 Å². The molecule has 3 N–H and O–H groups in total. The van der Waals surface area contributed by atoms with E-state index >= 15 is 0 Å². The lowest BCUT2D eigenvalue weighted by molar-refractivity contribution is -0.125. The van der Waals surface area contributed by atoms with Crippen LogP contribution in [0.3, 0.4) is 0 Å². The molecule has 4 heteroatoms. The topological polar surface area (TPSA) is 64.3 Å². The highest BCUT2D eigenvalue weighted by Gasteiger charge is 2.27. The quantitative estimate of drug-likeness (QED) is 0.767. The van der Waals surface area contributed by atoms with Gasteiger partial charge in [-0.15, -0.1) is 0 Å². The first-order chi connectivity index (χ1) is 8.31. The zero-order chi connectivity index (χ0) is 12.1. The van der Waals surface area contributed by atoms with E-state index in [-0.39, 0.29) is 11.8 Å². The van der Waals surface area contributed by atoms with Crippen molar-refractivity contribution < 1.29 is 9.53 Å². The lowest BCUT2D eigenvalue weighted by atomic mass is 9.79. The summed E-state index contributed by atoms with van der Waals surface area (Å²) < 4.78 is 5.23. The number of ether oxygens (including phenoxy) is 1. The van der Waals surface area contributed by atoms with Crippen LogP contribution in [0.15, 0.2) is 0 Å². The fourth-order valence-electron chi connectivity index (χ4n) is 2.98. The Morgan fingerprint density at radius 2 is 2.00 bits per heavy atom. The Kier molecular flexibility index (Phi) is 4.80. The maximum atomic E-state index is 11.9. The number of carbonyl (C=O) groups is 1. The first-order valence-corrected chi connectivity index (χ1v) is 6.86. The predicted octanol–water partition coefficient (Wildman–Crippen LogP) is 0.904. The van der Waals surface area contributed by atoms with Crippen LogP contribution in [0.4, 0.5) is 0 Å². The van der Waals surface area contributed by atoms with Gasteiger partial charge in [-0.05, 0) is 37.6 Å². The van der Waals surface area contributed by atoms with Gasteiger partial charge in [-0.1, -0.05) is 12.8 Å². The summed E-state index contributed by atoms with van der Waals surface area (Å²) in [6, 6.07) is 0. The van der Waals surface area contributed by atoms with Gasteiger partial charge in [-0.25, -0.2) is 0 Å². The van der Waals surface area contributed by atoms with Crippen LogP contribution in [0.1, 0.15) is 32.1 Å². The first-order valence-electron chi connectivity index (χ1n) is 6.86. The van der Waals surface area contributed by atoms with E-state index in [9.17, 15) is 4.79 Å². The second kappa shape index (κ2) is 6.36. The van der Waals surface area contributed by atoms with Crippen molar-refractivity contribution in [3.8, 4) is 0 Å². The van der Waals surface area contributed by atoms with Gasteiger partial charge in [0.25, 0.3) is 0 Å². The summed E-state index contributed by atoms with van der Waals surface area (Å²) in [4.78, 5) is 11.9. The van der Waals surface area contributed by atoms with Crippen LogP contribution >= 0.6 is 0 Å². The van der Waals surface area contributed by atoms with E-state index in [0.29, 0.717) is 18.4 Å². The fraction of sp³-hybridized carbons (Fsp3) is 0.923. The number of carbonyl (C=O) groups excluding carboxylic acids is 1. The molecule has 0 spiro atoms. The first kappa shape index (κ1) is 12.8. The van der Waals surface area contributed by atoms with Crippen molar-refractivity contribution in [3.05, 3.63) is 0 Å². The lowest BCUT2D eigenvalue weighted by Gasteiger charge is -2.31.